The Morgan fingerprint density at radius 2 is 0.882 bits per heavy atom. The van der Waals surface area contributed by atoms with Gasteiger partial charge in [0, 0.05) is 0 Å². The number of hydrogen-bond acceptors (Lipinski definition) is 0. The molecule has 8 fully saturated rings. The Morgan fingerprint density at radius 1 is 0.471 bits per heavy atom. The van der Waals surface area contributed by atoms with Crippen LogP contribution in [0, 0.1) is 47.3 Å². The molecule has 8 saturated carbocycles. The summed E-state index contributed by atoms with van der Waals surface area (Å²) in [4.78, 5) is 0. The molecule has 0 heterocycles. The summed E-state index contributed by atoms with van der Waals surface area (Å²) in [6, 6.07) is 20.9. The van der Waals surface area contributed by atoms with E-state index >= 15 is 0 Å². The monoisotopic (exact) mass is 468 g/mol. The number of benzene rings is 2. The molecule has 8 aliphatic carbocycles. The minimum absolute atomic E-state index is 0.0994. The van der Waals surface area contributed by atoms with Crippen LogP contribution in [0.1, 0.15) is 69.8 Å². The van der Waals surface area contributed by atoms with E-state index in [1.54, 1.807) is 69.8 Å². The van der Waals surface area contributed by atoms with Gasteiger partial charge in [0.15, 0.2) is 0 Å². The Morgan fingerprint density at radius 3 is 1.32 bits per heavy atom. The summed E-state index contributed by atoms with van der Waals surface area (Å²) in [6.45, 7) is 0. The lowest BCUT2D eigenvalue weighted by atomic mass is 9.55. The quantitative estimate of drug-likeness (QED) is 0.384. The van der Waals surface area contributed by atoms with Gasteiger partial charge in [-0.2, -0.15) is 0 Å². The molecule has 0 atom stereocenters. The molecule has 0 aliphatic heterocycles. The maximum atomic E-state index is 2.52. The zero-order valence-corrected chi connectivity index (χ0v) is 21.6. The van der Waals surface area contributed by atoms with Crippen LogP contribution in [0.25, 0.3) is 11.1 Å². The maximum Gasteiger partial charge on any atom is -0.00677 e. The molecule has 8 bridgehead atoms. The maximum absolute atomic E-state index is 2.52. The third kappa shape index (κ3) is 3.49. The third-order valence-corrected chi connectivity index (χ3v) is 15.5. The van der Waals surface area contributed by atoms with E-state index in [1.807, 2.05) is 0 Å². The molecule has 2 aromatic carbocycles. The zero-order chi connectivity index (χ0) is 22.2. The first kappa shape index (κ1) is 21.0. The predicted octanol–water partition coefficient (Wildman–Crippen LogP) is 8.98. The van der Waals surface area contributed by atoms with Crippen LogP contribution < -0.4 is 0 Å². The lowest BCUT2D eigenvalue weighted by molar-refractivity contribution is 0.0129. The highest BCUT2D eigenvalue weighted by molar-refractivity contribution is 7.58. The molecule has 0 amide bonds. The minimum Gasteiger partial charge on any atom is -0.0947 e. The van der Waals surface area contributed by atoms with Crippen molar-refractivity contribution in [3.05, 3.63) is 60.2 Å². The fraction of sp³-hybridized carbons (Fsp3) is 0.636. The molecule has 0 N–H and O–H groups in total. The van der Waals surface area contributed by atoms with Gasteiger partial charge >= 0.3 is 0 Å². The van der Waals surface area contributed by atoms with Crippen LogP contribution in [0.2, 0.25) is 0 Å². The first-order valence-corrected chi connectivity index (χ1v) is 16.3. The minimum atomic E-state index is 0.0994. The van der Waals surface area contributed by atoms with E-state index in [4.69, 9.17) is 0 Å². The molecule has 10 rings (SSSR count). The lowest BCUT2D eigenvalue weighted by Gasteiger charge is -2.62. The Kier molecular flexibility index (Phi) is 5.06. The van der Waals surface area contributed by atoms with Crippen molar-refractivity contribution in [1.29, 1.82) is 0 Å². The summed E-state index contributed by atoms with van der Waals surface area (Å²) in [7, 11) is 0.0994. The van der Waals surface area contributed by atoms with Gasteiger partial charge in [-0.1, -0.05) is 62.5 Å². The van der Waals surface area contributed by atoms with Gasteiger partial charge in [0.2, 0.25) is 0 Å². The zero-order valence-electron chi connectivity index (χ0n) is 20.7. The summed E-state index contributed by atoms with van der Waals surface area (Å²) in [6.07, 6.45) is 17.5. The summed E-state index contributed by atoms with van der Waals surface area (Å²) < 4.78 is 0. The standard InChI is InChI=1S/C33H41P/c1-2-4-26(5-3-1)27-8-6-21(7-9-27)20-34(32-28-12-22-10-23(14-28)15-29(32)13-22)33-30-16-24-11-25(18-30)19-31(33)17-24/h1-9,22-25,28-33H,10-20H2. The van der Waals surface area contributed by atoms with Crippen molar-refractivity contribution >= 4 is 7.92 Å². The third-order valence-electron chi connectivity index (χ3n) is 11.5. The van der Waals surface area contributed by atoms with Crippen LogP contribution in [0.5, 0.6) is 0 Å². The second-order valence-electron chi connectivity index (χ2n) is 13.6. The van der Waals surface area contributed by atoms with E-state index < -0.39 is 0 Å². The van der Waals surface area contributed by atoms with Crippen LogP contribution in [0.4, 0.5) is 0 Å². The van der Waals surface area contributed by atoms with Crippen molar-refractivity contribution in [2.45, 2.75) is 81.7 Å². The van der Waals surface area contributed by atoms with E-state index in [0.717, 1.165) is 58.7 Å². The van der Waals surface area contributed by atoms with Crippen molar-refractivity contribution < 1.29 is 0 Å². The Hall–Kier alpha value is -1.13. The first-order valence-electron chi connectivity index (χ1n) is 14.7. The average Bonchev–Trinajstić information content (AvgIpc) is 2.83. The average molecular weight is 469 g/mol. The molecule has 0 nitrogen and oxygen atoms in total. The van der Waals surface area contributed by atoms with Crippen molar-refractivity contribution in [2.24, 2.45) is 47.3 Å². The van der Waals surface area contributed by atoms with Gasteiger partial charge < -0.3 is 0 Å². The van der Waals surface area contributed by atoms with Crippen LogP contribution in [-0.2, 0) is 6.16 Å². The summed E-state index contributed by atoms with van der Waals surface area (Å²) in [5, 5.41) is 0. The lowest BCUT2D eigenvalue weighted by Crippen LogP contribution is -2.52. The number of rotatable bonds is 5. The topological polar surface area (TPSA) is 0 Å². The second kappa shape index (κ2) is 8.20. The molecule has 1 heteroatoms. The predicted molar refractivity (Wildman–Crippen MR) is 144 cm³/mol. The van der Waals surface area contributed by atoms with Gasteiger partial charge in [-0.3, -0.25) is 0 Å². The van der Waals surface area contributed by atoms with Gasteiger partial charge in [-0.05, 0) is 146 Å². The van der Waals surface area contributed by atoms with Crippen LogP contribution in [0.15, 0.2) is 54.6 Å². The molecular formula is C33H41P. The molecule has 0 saturated heterocycles. The van der Waals surface area contributed by atoms with E-state index in [0.29, 0.717) is 0 Å². The molecule has 8 aliphatic rings. The Labute approximate surface area is 208 Å². The fourth-order valence-corrected chi connectivity index (χ4v) is 15.5. The molecule has 0 spiro atoms. The second-order valence-corrected chi connectivity index (χ2v) is 16.1. The SMILES string of the molecule is c1ccc(-c2ccc(CP(C3C4CC5CC(C4)CC3C5)C3C4CC5CC(C4)CC3C5)cc2)cc1. The van der Waals surface area contributed by atoms with Gasteiger partial charge in [0.25, 0.3) is 0 Å². The highest BCUT2D eigenvalue weighted by atomic mass is 31.1. The molecule has 0 unspecified atom stereocenters. The van der Waals surface area contributed by atoms with Crippen molar-refractivity contribution in [3.8, 4) is 11.1 Å². The Bertz CT molecular complexity index is 924. The van der Waals surface area contributed by atoms with Gasteiger partial charge in [0.1, 0.15) is 0 Å². The van der Waals surface area contributed by atoms with Crippen molar-refractivity contribution in [2.75, 3.05) is 0 Å². The normalized spacial score (nSPS) is 44.5. The first-order chi connectivity index (χ1) is 16.8. The molecular weight excluding hydrogens is 427 g/mol. The Balaban J connectivity index is 1.12. The molecule has 0 radical (unpaired) electrons. The molecule has 2 aromatic rings. The molecule has 34 heavy (non-hydrogen) atoms. The summed E-state index contributed by atoms with van der Waals surface area (Å²) in [5.41, 5.74) is 6.63. The highest BCUT2D eigenvalue weighted by Crippen LogP contribution is 2.71. The molecule has 0 aromatic heterocycles. The fourth-order valence-electron chi connectivity index (χ4n) is 10.9. The van der Waals surface area contributed by atoms with Crippen LogP contribution >= 0.6 is 7.92 Å². The summed E-state index contributed by atoms with van der Waals surface area (Å²) in [5.74, 6) is 8.84. The van der Waals surface area contributed by atoms with E-state index in [-0.39, 0.29) is 7.92 Å². The van der Waals surface area contributed by atoms with Crippen LogP contribution in [-0.4, -0.2) is 11.3 Å². The van der Waals surface area contributed by atoms with E-state index in [1.165, 1.54) is 17.3 Å². The highest BCUT2D eigenvalue weighted by Gasteiger charge is 2.56. The van der Waals surface area contributed by atoms with Gasteiger partial charge in [-0.15, -0.1) is 0 Å². The van der Waals surface area contributed by atoms with E-state index in [2.05, 4.69) is 54.6 Å². The van der Waals surface area contributed by atoms with Gasteiger partial charge in [0.05, 0.1) is 0 Å². The summed E-state index contributed by atoms with van der Waals surface area (Å²) >= 11 is 0. The number of hydrogen-bond donors (Lipinski definition) is 0. The molecule has 178 valence electrons. The van der Waals surface area contributed by atoms with Crippen molar-refractivity contribution in [3.63, 3.8) is 0 Å². The smallest absolute Gasteiger partial charge is 0.00677 e. The van der Waals surface area contributed by atoms with Crippen molar-refractivity contribution in [1.82, 2.24) is 0 Å². The van der Waals surface area contributed by atoms with Gasteiger partial charge in [-0.25, -0.2) is 0 Å². The van der Waals surface area contributed by atoms with Crippen LogP contribution in [0.3, 0.4) is 0 Å². The van der Waals surface area contributed by atoms with E-state index in [9.17, 15) is 0 Å². The largest absolute Gasteiger partial charge is 0.0947 e.